The first-order valence-corrected chi connectivity index (χ1v) is 11.0. The van der Waals surface area contributed by atoms with Gasteiger partial charge in [0.25, 0.3) is 0 Å². The number of nitrogens with zero attached hydrogens (tertiary/aromatic N) is 1. The second-order valence-corrected chi connectivity index (χ2v) is 9.12. The van der Waals surface area contributed by atoms with Crippen molar-refractivity contribution in [2.45, 2.75) is 40.3 Å². The fourth-order valence-electron chi connectivity index (χ4n) is 3.44. The van der Waals surface area contributed by atoms with Gasteiger partial charge >= 0.3 is 6.03 Å². The van der Waals surface area contributed by atoms with Crippen molar-refractivity contribution in [3.05, 3.63) is 68.8 Å². The van der Waals surface area contributed by atoms with Gasteiger partial charge in [0, 0.05) is 26.7 Å². The maximum absolute atomic E-state index is 12.3. The molecular formula is C24H25Cl2N3O3. The summed E-state index contributed by atoms with van der Waals surface area (Å²) in [7, 11) is 0. The van der Waals surface area contributed by atoms with Crippen LogP contribution in [0.3, 0.4) is 0 Å². The number of allylic oxidation sites excluding steroid dienone is 1. The fraction of sp³-hybridized carbons (Fsp3) is 0.333. The van der Waals surface area contributed by atoms with Gasteiger partial charge < -0.3 is 20.1 Å². The lowest BCUT2D eigenvalue weighted by Crippen LogP contribution is -2.46. The molecule has 2 N–H and O–H groups in total. The van der Waals surface area contributed by atoms with Crippen LogP contribution in [0.25, 0.3) is 0 Å². The van der Waals surface area contributed by atoms with Gasteiger partial charge in [-0.3, -0.25) is 0 Å². The molecule has 32 heavy (non-hydrogen) atoms. The molecule has 0 saturated carbocycles. The van der Waals surface area contributed by atoms with Gasteiger partial charge in [-0.1, -0.05) is 56.1 Å². The first kappa shape index (κ1) is 23.8. The molecule has 8 heteroatoms. The predicted octanol–water partition coefficient (Wildman–Crippen LogP) is 6.15. The molecule has 1 aliphatic heterocycles. The summed E-state index contributed by atoms with van der Waals surface area (Å²) >= 11 is 12.5. The molecule has 0 spiro atoms. The number of ether oxygens (including phenoxy) is 2. The standard InChI is InChI=1S/C24H25Cl2N3O3/c1-5-31-20-11-14(21-15(12-27)22(24(2,3)4)29-23(30)28-21)9-10-19(20)32-13-16-17(25)7-6-8-18(16)26/h6-11,21H,5,13H2,1-4H3,(H2,28,29,30)/t21-/m0/s1. The van der Waals surface area contributed by atoms with Gasteiger partial charge in [0.1, 0.15) is 6.61 Å². The van der Waals surface area contributed by atoms with Gasteiger partial charge in [-0.25, -0.2) is 4.79 Å². The Labute approximate surface area is 198 Å². The van der Waals surface area contributed by atoms with E-state index < -0.39 is 11.5 Å². The van der Waals surface area contributed by atoms with E-state index >= 15 is 0 Å². The van der Waals surface area contributed by atoms with E-state index in [1.54, 1.807) is 36.4 Å². The van der Waals surface area contributed by atoms with Crippen molar-refractivity contribution < 1.29 is 14.3 Å². The number of urea groups is 1. The molecule has 168 valence electrons. The van der Waals surface area contributed by atoms with E-state index in [4.69, 9.17) is 32.7 Å². The second-order valence-electron chi connectivity index (χ2n) is 8.31. The highest BCUT2D eigenvalue weighted by atomic mass is 35.5. The van der Waals surface area contributed by atoms with Crippen LogP contribution in [-0.4, -0.2) is 12.6 Å². The van der Waals surface area contributed by atoms with Crippen molar-refractivity contribution in [2.75, 3.05) is 6.61 Å². The number of rotatable bonds is 6. The van der Waals surface area contributed by atoms with Gasteiger partial charge in [0.15, 0.2) is 11.5 Å². The van der Waals surface area contributed by atoms with Crippen molar-refractivity contribution in [1.29, 1.82) is 5.26 Å². The molecule has 2 aromatic rings. The molecule has 2 aromatic carbocycles. The molecule has 0 unspecified atom stereocenters. The largest absolute Gasteiger partial charge is 0.490 e. The van der Waals surface area contributed by atoms with Crippen molar-refractivity contribution in [2.24, 2.45) is 5.41 Å². The van der Waals surface area contributed by atoms with Gasteiger partial charge in [0.05, 0.1) is 24.3 Å². The summed E-state index contributed by atoms with van der Waals surface area (Å²) in [4.78, 5) is 12.3. The Kier molecular flexibility index (Phi) is 7.22. The third-order valence-electron chi connectivity index (χ3n) is 4.98. The van der Waals surface area contributed by atoms with Crippen LogP contribution in [0.1, 0.15) is 44.9 Å². The van der Waals surface area contributed by atoms with Crippen LogP contribution in [0, 0.1) is 16.7 Å². The number of hydrogen-bond donors (Lipinski definition) is 2. The number of halogens is 2. The number of benzene rings is 2. The minimum absolute atomic E-state index is 0.166. The van der Waals surface area contributed by atoms with Crippen molar-refractivity contribution in [3.63, 3.8) is 0 Å². The molecule has 3 rings (SSSR count). The highest BCUT2D eigenvalue weighted by molar-refractivity contribution is 6.35. The van der Waals surface area contributed by atoms with Crippen LogP contribution < -0.4 is 20.1 Å². The number of amides is 2. The molecule has 0 aromatic heterocycles. The minimum Gasteiger partial charge on any atom is -0.490 e. The summed E-state index contributed by atoms with van der Waals surface area (Å²) in [5.41, 5.74) is 2.04. The van der Waals surface area contributed by atoms with E-state index in [2.05, 4.69) is 16.7 Å². The second kappa shape index (κ2) is 9.72. The SMILES string of the molecule is CCOc1cc([C@@H]2NC(=O)NC(C(C)(C)C)=C2C#N)ccc1OCc1c(Cl)cccc1Cl. The smallest absolute Gasteiger partial charge is 0.319 e. The van der Waals surface area contributed by atoms with E-state index in [1.165, 1.54) is 0 Å². The van der Waals surface area contributed by atoms with Crippen molar-refractivity contribution in [3.8, 4) is 17.6 Å². The summed E-state index contributed by atoms with van der Waals surface area (Å²) in [6, 6.07) is 11.9. The van der Waals surface area contributed by atoms with Gasteiger partial charge in [-0.15, -0.1) is 0 Å². The zero-order chi connectivity index (χ0) is 23.5. The Morgan fingerprint density at radius 2 is 1.78 bits per heavy atom. The normalized spacial score (nSPS) is 16.2. The summed E-state index contributed by atoms with van der Waals surface area (Å²) in [5, 5.41) is 16.5. The lowest BCUT2D eigenvalue weighted by molar-refractivity contribution is 0.235. The highest BCUT2D eigenvalue weighted by Crippen LogP contribution is 2.38. The summed E-state index contributed by atoms with van der Waals surface area (Å²) in [6.07, 6.45) is 0. The maximum Gasteiger partial charge on any atom is 0.319 e. The monoisotopic (exact) mass is 473 g/mol. The minimum atomic E-state index is -0.603. The van der Waals surface area contributed by atoms with E-state index in [1.807, 2.05) is 27.7 Å². The summed E-state index contributed by atoms with van der Waals surface area (Å²) in [6.45, 7) is 8.30. The van der Waals surface area contributed by atoms with E-state index in [0.29, 0.717) is 50.5 Å². The number of nitrogens with one attached hydrogen (secondary N) is 2. The molecule has 0 bridgehead atoms. The topological polar surface area (TPSA) is 83.4 Å². The Bertz CT molecular complexity index is 1080. The number of carbonyl (C=O) groups is 1. The van der Waals surface area contributed by atoms with Crippen molar-refractivity contribution in [1.82, 2.24) is 10.6 Å². The van der Waals surface area contributed by atoms with Crippen LogP contribution in [0.15, 0.2) is 47.7 Å². The van der Waals surface area contributed by atoms with Crippen LogP contribution in [0.5, 0.6) is 11.5 Å². The van der Waals surface area contributed by atoms with Gasteiger partial charge in [-0.05, 0) is 36.8 Å². The Hall–Kier alpha value is -2.88. The molecule has 6 nitrogen and oxygen atoms in total. The number of hydrogen-bond acceptors (Lipinski definition) is 4. The van der Waals surface area contributed by atoms with Crippen LogP contribution in [-0.2, 0) is 6.61 Å². The molecule has 0 aliphatic carbocycles. The Balaban J connectivity index is 1.96. The van der Waals surface area contributed by atoms with Crippen LogP contribution in [0.4, 0.5) is 4.79 Å². The lowest BCUT2D eigenvalue weighted by Gasteiger charge is -2.33. The van der Waals surface area contributed by atoms with E-state index in [0.717, 1.165) is 0 Å². The molecule has 1 aliphatic rings. The van der Waals surface area contributed by atoms with Crippen molar-refractivity contribution >= 4 is 29.2 Å². The summed E-state index contributed by atoms with van der Waals surface area (Å²) in [5.74, 6) is 1.00. The zero-order valence-electron chi connectivity index (χ0n) is 18.4. The quantitative estimate of drug-likeness (QED) is 0.526. The molecule has 0 saturated heterocycles. The number of nitriles is 1. The maximum atomic E-state index is 12.3. The first-order valence-electron chi connectivity index (χ1n) is 10.2. The molecular weight excluding hydrogens is 449 g/mol. The zero-order valence-corrected chi connectivity index (χ0v) is 19.9. The molecule has 0 radical (unpaired) electrons. The Morgan fingerprint density at radius 3 is 2.38 bits per heavy atom. The molecule has 0 fully saturated rings. The lowest BCUT2D eigenvalue weighted by atomic mass is 9.84. The average molecular weight is 474 g/mol. The third-order valence-corrected chi connectivity index (χ3v) is 5.69. The predicted molar refractivity (Wildman–Crippen MR) is 125 cm³/mol. The van der Waals surface area contributed by atoms with Crippen LogP contribution in [0.2, 0.25) is 10.0 Å². The van der Waals surface area contributed by atoms with E-state index in [-0.39, 0.29) is 12.6 Å². The molecule has 1 atom stereocenters. The van der Waals surface area contributed by atoms with E-state index in [9.17, 15) is 10.1 Å². The average Bonchev–Trinajstić information content (AvgIpc) is 2.73. The Morgan fingerprint density at radius 1 is 1.09 bits per heavy atom. The van der Waals surface area contributed by atoms with Gasteiger partial charge in [0.2, 0.25) is 0 Å². The first-order chi connectivity index (χ1) is 15.2. The highest BCUT2D eigenvalue weighted by Gasteiger charge is 2.34. The van der Waals surface area contributed by atoms with Crippen LogP contribution >= 0.6 is 23.2 Å². The third kappa shape index (κ3) is 5.12. The number of carbonyl (C=O) groups excluding carboxylic acids is 1. The summed E-state index contributed by atoms with van der Waals surface area (Å²) < 4.78 is 11.7. The fourth-order valence-corrected chi connectivity index (χ4v) is 3.94. The molecule has 1 heterocycles. The van der Waals surface area contributed by atoms with Gasteiger partial charge in [-0.2, -0.15) is 5.26 Å². The molecule has 2 amide bonds.